The average molecular weight is 275 g/mol. The van der Waals surface area contributed by atoms with Crippen molar-refractivity contribution in [2.75, 3.05) is 5.88 Å². The highest BCUT2D eigenvalue weighted by atomic mass is 35.5. The predicted molar refractivity (Wildman–Crippen MR) is 80.0 cm³/mol. The van der Waals surface area contributed by atoms with E-state index in [0.29, 0.717) is 5.88 Å². The second kappa shape index (κ2) is 6.53. The van der Waals surface area contributed by atoms with Crippen molar-refractivity contribution in [2.45, 2.75) is 13.3 Å². The van der Waals surface area contributed by atoms with Gasteiger partial charge in [0.15, 0.2) is 0 Å². The van der Waals surface area contributed by atoms with Gasteiger partial charge in [0.2, 0.25) is 0 Å². The highest BCUT2D eigenvalue weighted by Gasteiger charge is 2.05. The minimum atomic E-state index is -0.218. The van der Waals surface area contributed by atoms with E-state index in [9.17, 15) is 4.39 Å². The van der Waals surface area contributed by atoms with E-state index in [4.69, 9.17) is 11.6 Å². The van der Waals surface area contributed by atoms with Crippen molar-refractivity contribution in [3.63, 3.8) is 0 Å². The monoisotopic (exact) mass is 274 g/mol. The van der Waals surface area contributed by atoms with E-state index in [-0.39, 0.29) is 5.82 Å². The lowest BCUT2D eigenvalue weighted by atomic mass is 9.96. The zero-order valence-electron chi connectivity index (χ0n) is 10.9. The van der Waals surface area contributed by atoms with E-state index in [1.54, 1.807) is 12.1 Å². The van der Waals surface area contributed by atoms with Gasteiger partial charge in [0.1, 0.15) is 5.82 Å². The van der Waals surface area contributed by atoms with Crippen LogP contribution in [0.3, 0.4) is 0 Å². The Morgan fingerprint density at radius 3 is 2.05 bits per heavy atom. The smallest absolute Gasteiger partial charge is 0.123 e. The van der Waals surface area contributed by atoms with Gasteiger partial charge in [0.05, 0.1) is 0 Å². The average Bonchev–Trinajstić information content (AvgIpc) is 2.43. The fraction of sp³-hybridized carbons (Fsp3) is 0.176. The Balaban J connectivity index is 2.41. The summed E-state index contributed by atoms with van der Waals surface area (Å²) in [6.07, 6.45) is 2.90. The summed E-state index contributed by atoms with van der Waals surface area (Å²) >= 11 is 5.77. The van der Waals surface area contributed by atoms with E-state index in [0.717, 1.165) is 23.1 Å². The van der Waals surface area contributed by atoms with Gasteiger partial charge in [-0.15, -0.1) is 11.6 Å². The van der Waals surface area contributed by atoms with Crippen LogP contribution in [0.15, 0.2) is 54.6 Å². The van der Waals surface area contributed by atoms with Crippen molar-refractivity contribution >= 4 is 17.2 Å². The first-order valence-electron chi connectivity index (χ1n) is 6.30. The molecule has 0 saturated heterocycles. The minimum absolute atomic E-state index is 0.218. The van der Waals surface area contributed by atoms with Crippen LogP contribution in [-0.2, 0) is 0 Å². The van der Waals surface area contributed by atoms with Crippen molar-refractivity contribution in [2.24, 2.45) is 0 Å². The summed E-state index contributed by atoms with van der Waals surface area (Å²) in [5.41, 5.74) is 4.46. The maximum Gasteiger partial charge on any atom is 0.123 e. The largest absolute Gasteiger partial charge is 0.207 e. The van der Waals surface area contributed by atoms with E-state index < -0.39 is 0 Å². The van der Waals surface area contributed by atoms with Crippen LogP contribution in [0.4, 0.5) is 4.39 Å². The lowest BCUT2D eigenvalue weighted by Crippen LogP contribution is -1.90. The Morgan fingerprint density at radius 2 is 1.53 bits per heavy atom. The molecule has 2 aromatic carbocycles. The second-order valence-electron chi connectivity index (χ2n) is 4.47. The number of benzene rings is 2. The van der Waals surface area contributed by atoms with Gasteiger partial charge in [-0.1, -0.05) is 48.0 Å². The molecule has 0 unspecified atom stereocenters. The molecule has 0 nitrogen and oxygen atoms in total. The summed E-state index contributed by atoms with van der Waals surface area (Å²) in [4.78, 5) is 0. The molecule has 0 atom stereocenters. The van der Waals surface area contributed by atoms with Crippen LogP contribution in [0.5, 0.6) is 0 Å². The third-order valence-corrected chi connectivity index (χ3v) is 3.19. The first kappa shape index (κ1) is 13.8. The Labute approximate surface area is 118 Å². The van der Waals surface area contributed by atoms with Crippen molar-refractivity contribution in [3.8, 4) is 0 Å². The molecule has 0 aromatic heterocycles. The molecule has 0 aliphatic rings. The molecular formula is C17H16ClF. The van der Waals surface area contributed by atoms with E-state index in [1.807, 2.05) is 0 Å². The molecule has 0 bridgehead atoms. The third kappa shape index (κ3) is 3.68. The Bertz CT molecular complexity index is 505. The molecule has 0 fully saturated rings. The van der Waals surface area contributed by atoms with Gasteiger partial charge in [0.25, 0.3) is 0 Å². The molecule has 2 heteroatoms. The van der Waals surface area contributed by atoms with Gasteiger partial charge in [-0.25, -0.2) is 4.39 Å². The van der Waals surface area contributed by atoms with Gasteiger partial charge in [-0.2, -0.15) is 0 Å². The molecule has 0 amide bonds. The number of rotatable bonds is 4. The molecule has 0 saturated carbocycles. The first-order chi connectivity index (χ1) is 9.20. The standard InChI is InChI=1S/C17H16ClF/c1-13-4-6-14(7-5-13)17(3-2-12-18)15-8-10-16(19)11-9-15/h3-11H,2,12H2,1H3. The molecule has 0 radical (unpaired) electrons. The van der Waals surface area contributed by atoms with E-state index in [1.165, 1.54) is 17.7 Å². The zero-order valence-corrected chi connectivity index (χ0v) is 11.6. The molecule has 0 heterocycles. The number of allylic oxidation sites excluding steroid dienone is 1. The number of hydrogen-bond acceptors (Lipinski definition) is 0. The number of alkyl halides is 1. The van der Waals surface area contributed by atoms with Crippen molar-refractivity contribution < 1.29 is 4.39 Å². The van der Waals surface area contributed by atoms with Gasteiger partial charge in [-0.05, 0) is 42.2 Å². The molecule has 2 aromatic rings. The lowest BCUT2D eigenvalue weighted by Gasteiger charge is -2.09. The van der Waals surface area contributed by atoms with Crippen LogP contribution in [0.25, 0.3) is 5.57 Å². The van der Waals surface area contributed by atoms with E-state index >= 15 is 0 Å². The second-order valence-corrected chi connectivity index (χ2v) is 4.85. The van der Waals surface area contributed by atoms with Crippen molar-refractivity contribution in [1.29, 1.82) is 0 Å². The summed E-state index contributed by atoms with van der Waals surface area (Å²) in [5.74, 6) is 0.362. The highest BCUT2D eigenvalue weighted by molar-refractivity contribution is 6.18. The third-order valence-electron chi connectivity index (χ3n) is 2.98. The topological polar surface area (TPSA) is 0 Å². The number of halogens is 2. The summed E-state index contributed by atoms with van der Waals surface area (Å²) in [6.45, 7) is 2.06. The van der Waals surface area contributed by atoms with Gasteiger partial charge >= 0.3 is 0 Å². The van der Waals surface area contributed by atoms with Gasteiger partial charge < -0.3 is 0 Å². The van der Waals surface area contributed by atoms with Crippen LogP contribution in [-0.4, -0.2) is 5.88 Å². The number of aryl methyl sites for hydroxylation is 1. The summed E-state index contributed by atoms with van der Waals surface area (Å²) < 4.78 is 13.0. The van der Waals surface area contributed by atoms with Crippen LogP contribution >= 0.6 is 11.6 Å². The fourth-order valence-corrected chi connectivity index (χ4v) is 2.07. The normalized spacial score (nSPS) is 11.6. The Hall–Kier alpha value is -1.60. The van der Waals surface area contributed by atoms with Crippen molar-refractivity contribution in [1.82, 2.24) is 0 Å². The fourth-order valence-electron chi connectivity index (χ4n) is 1.96. The van der Waals surface area contributed by atoms with Crippen LogP contribution in [0.2, 0.25) is 0 Å². The predicted octanol–water partition coefficient (Wildman–Crippen LogP) is 5.19. The quantitative estimate of drug-likeness (QED) is 0.673. The first-order valence-corrected chi connectivity index (χ1v) is 6.83. The molecule has 19 heavy (non-hydrogen) atoms. The SMILES string of the molecule is Cc1ccc(C(=CCCCl)c2ccc(F)cc2)cc1. The van der Waals surface area contributed by atoms with Crippen molar-refractivity contribution in [3.05, 3.63) is 77.1 Å². The highest BCUT2D eigenvalue weighted by Crippen LogP contribution is 2.24. The lowest BCUT2D eigenvalue weighted by molar-refractivity contribution is 0.627. The molecule has 0 aliphatic carbocycles. The molecule has 0 aliphatic heterocycles. The summed E-state index contributed by atoms with van der Waals surface area (Å²) in [7, 11) is 0. The Morgan fingerprint density at radius 1 is 1.00 bits per heavy atom. The molecule has 2 rings (SSSR count). The van der Waals surface area contributed by atoms with Crippen LogP contribution < -0.4 is 0 Å². The summed E-state index contributed by atoms with van der Waals surface area (Å²) in [5, 5.41) is 0. The minimum Gasteiger partial charge on any atom is -0.207 e. The van der Waals surface area contributed by atoms with Gasteiger partial charge in [0, 0.05) is 5.88 Å². The number of hydrogen-bond donors (Lipinski definition) is 0. The van der Waals surface area contributed by atoms with Crippen LogP contribution in [0, 0.1) is 12.7 Å². The molecule has 0 spiro atoms. The van der Waals surface area contributed by atoms with E-state index in [2.05, 4.69) is 37.3 Å². The molecule has 98 valence electrons. The summed E-state index contributed by atoms with van der Waals surface area (Å²) in [6, 6.07) is 14.9. The van der Waals surface area contributed by atoms with Gasteiger partial charge in [-0.3, -0.25) is 0 Å². The van der Waals surface area contributed by atoms with Crippen LogP contribution in [0.1, 0.15) is 23.1 Å². The zero-order chi connectivity index (χ0) is 13.7. The maximum absolute atomic E-state index is 13.0. The maximum atomic E-state index is 13.0. The molecule has 0 N–H and O–H groups in total. The molecular weight excluding hydrogens is 259 g/mol. The Kier molecular flexibility index (Phi) is 4.75.